The first kappa shape index (κ1) is 14.9. The van der Waals surface area contributed by atoms with Crippen LogP contribution in [0.25, 0.3) is 0 Å². The van der Waals surface area contributed by atoms with E-state index < -0.39 is 5.54 Å². The van der Waals surface area contributed by atoms with Crippen molar-refractivity contribution in [2.45, 2.75) is 37.6 Å². The maximum atomic E-state index is 11.8. The van der Waals surface area contributed by atoms with Crippen molar-refractivity contribution >= 4 is 29.0 Å². The molecule has 0 aliphatic heterocycles. The van der Waals surface area contributed by atoms with Crippen LogP contribution in [0.1, 0.15) is 25.8 Å². The molecule has 1 rings (SSSR count). The highest BCUT2D eigenvalue weighted by Crippen LogP contribution is 2.22. The summed E-state index contributed by atoms with van der Waals surface area (Å²) in [7, 11) is 0. The van der Waals surface area contributed by atoms with Gasteiger partial charge in [0.1, 0.15) is 10.5 Å². The van der Waals surface area contributed by atoms with Crippen molar-refractivity contribution < 1.29 is 4.79 Å². The number of nitriles is 1. The van der Waals surface area contributed by atoms with Crippen molar-refractivity contribution in [1.29, 1.82) is 5.26 Å². The summed E-state index contributed by atoms with van der Waals surface area (Å²) in [6, 6.07) is 2.14. The van der Waals surface area contributed by atoms with Crippen LogP contribution in [0.3, 0.4) is 0 Å². The fourth-order valence-electron chi connectivity index (χ4n) is 1.09. The Labute approximate surface area is 115 Å². The molecule has 18 heavy (non-hydrogen) atoms. The lowest BCUT2D eigenvalue weighted by Gasteiger charge is -2.27. The number of aromatic nitrogens is 2. The molecule has 0 saturated carbocycles. The summed E-state index contributed by atoms with van der Waals surface area (Å²) in [5, 5.41) is 20.5. The normalized spacial score (nSPS) is 14.0. The summed E-state index contributed by atoms with van der Waals surface area (Å²) in [5.74, 6) is 0.143. The van der Waals surface area contributed by atoms with Crippen LogP contribution in [-0.4, -0.2) is 27.4 Å². The lowest BCUT2D eigenvalue weighted by atomic mass is 9.90. The van der Waals surface area contributed by atoms with Crippen LogP contribution in [0.15, 0.2) is 4.34 Å². The number of carbonyl (C=O) groups excluding carboxylic acids is 1. The molecule has 1 atom stereocenters. The summed E-state index contributed by atoms with van der Waals surface area (Å²) < 4.78 is 0.769. The van der Waals surface area contributed by atoms with Gasteiger partial charge in [0.05, 0.1) is 11.8 Å². The van der Waals surface area contributed by atoms with Gasteiger partial charge in [-0.1, -0.05) is 36.9 Å². The molecule has 5 nitrogen and oxygen atoms in total. The molecule has 1 aromatic rings. The maximum absolute atomic E-state index is 11.8. The van der Waals surface area contributed by atoms with Crippen LogP contribution in [-0.2, 0) is 4.79 Å². The standard InChI is InChI=1S/C11H16N4OS2/c1-7(2)11(4,6-12)13-9(16)5-17-10-15-14-8(3)18-10/h7H,5H2,1-4H3,(H,13,16)/t11-/m0/s1. The third kappa shape index (κ3) is 3.96. The summed E-state index contributed by atoms with van der Waals surface area (Å²) in [6.45, 7) is 7.41. The van der Waals surface area contributed by atoms with E-state index in [1.165, 1.54) is 23.1 Å². The van der Waals surface area contributed by atoms with Crippen LogP contribution in [0.5, 0.6) is 0 Å². The minimum atomic E-state index is -0.825. The minimum absolute atomic E-state index is 0.0558. The molecule has 1 aromatic heterocycles. The highest BCUT2D eigenvalue weighted by Gasteiger charge is 2.29. The Hall–Kier alpha value is -1.13. The van der Waals surface area contributed by atoms with Crippen LogP contribution in [0, 0.1) is 24.2 Å². The Morgan fingerprint density at radius 2 is 2.28 bits per heavy atom. The van der Waals surface area contributed by atoms with E-state index >= 15 is 0 Å². The van der Waals surface area contributed by atoms with Gasteiger partial charge in [-0.25, -0.2) is 0 Å². The number of carbonyl (C=O) groups is 1. The summed E-state index contributed by atoms with van der Waals surface area (Å²) in [6.07, 6.45) is 0. The van der Waals surface area contributed by atoms with E-state index in [9.17, 15) is 4.79 Å². The molecule has 0 fully saturated rings. The third-order valence-corrected chi connectivity index (χ3v) is 4.59. The van der Waals surface area contributed by atoms with E-state index in [0.717, 1.165) is 9.35 Å². The van der Waals surface area contributed by atoms with E-state index in [-0.39, 0.29) is 17.6 Å². The van der Waals surface area contributed by atoms with E-state index in [0.29, 0.717) is 0 Å². The number of thioether (sulfide) groups is 1. The number of nitrogens with zero attached hydrogens (tertiary/aromatic N) is 3. The molecule has 7 heteroatoms. The zero-order chi connectivity index (χ0) is 13.8. The Morgan fingerprint density at radius 3 is 2.72 bits per heavy atom. The first-order chi connectivity index (χ1) is 8.37. The fraction of sp³-hybridized carbons (Fsp3) is 0.636. The van der Waals surface area contributed by atoms with Crippen molar-refractivity contribution in [2.75, 3.05) is 5.75 Å². The number of aryl methyl sites for hydroxylation is 1. The van der Waals surface area contributed by atoms with Gasteiger partial charge >= 0.3 is 0 Å². The second-order valence-corrected chi connectivity index (χ2v) is 6.80. The summed E-state index contributed by atoms with van der Waals surface area (Å²) in [4.78, 5) is 11.8. The molecule has 1 heterocycles. The largest absolute Gasteiger partial charge is 0.337 e. The van der Waals surface area contributed by atoms with E-state index in [1.54, 1.807) is 6.92 Å². The van der Waals surface area contributed by atoms with Crippen LogP contribution >= 0.6 is 23.1 Å². The van der Waals surface area contributed by atoms with E-state index in [2.05, 4.69) is 21.6 Å². The fourth-order valence-corrected chi connectivity index (χ4v) is 2.71. The molecule has 0 saturated heterocycles. The predicted molar refractivity (Wildman–Crippen MR) is 72.4 cm³/mol. The zero-order valence-electron chi connectivity index (χ0n) is 10.9. The van der Waals surface area contributed by atoms with Gasteiger partial charge in [0.2, 0.25) is 5.91 Å². The van der Waals surface area contributed by atoms with Crippen molar-refractivity contribution in [3.8, 4) is 6.07 Å². The molecule has 0 spiro atoms. The highest BCUT2D eigenvalue weighted by atomic mass is 32.2. The van der Waals surface area contributed by atoms with Crippen LogP contribution < -0.4 is 5.32 Å². The Kier molecular flexibility index (Phi) is 5.11. The molecular formula is C11H16N4OS2. The van der Waals surface area contributed by atoms with Gasteiger partial charge in [-0.05, 0) is 19.8 Å². The van der Waals surface area contributed by atoms with Gasteiger partial charge in [0, 0.05) is 0 Å². The number of rotatable bonds is 5. The van der Waals surface area contributed by atoms with Crippen molar-refractivity contribution in [2.24, 2.45) is 5.92 Å². The smallest absolute Gasteiger partial charge is 0.231 e. The average molecular weight is 284 g/mol. The zero-order valence-corrected chi connectivity index (χ0v) is 12.5. The molecule has 0 aliphatic rings. The van der Waals surface area contributed by atoms with Crippen LogP contribution in [0.4, 0.5) is 0 Å². The van der Waals surface area contributed by atoms with Gasteiger partial charge in [0.25, 0.3) is 0 Å². The van der Waals surface area contributed by atoms with Crippen molar-refractivity contribution in [1.82, 2.24) is 15.5 Å². The van der Waals surface area contributed by atoms with Gasteiger partial charge in [-0.2, -0.15) is 5.26 Å². The Bertz CT molecular complexity index is 466. The predicted octanol–water partition coefficient (Wildman–Crippen LogP) is 1.99. The number of hydrogen-bond acceptors (Lipinski definition) is 6. The van der Waals surface area contributed by atoms with Crippen molar-refractivity contribution in [3.05, 3.63) is 5.01 Å². The first-order valence-corrected chi connectivity index (χ1v) is 7.33. The maximum Gasteiger partial charge on any atom is 0.231 e. The number of amides is 1. The first-order valence-electron chi connectivity index (χ1n) is 5.52. The lowest BCUT2D eigenvalue weighted by Crippen LogP contribution is -2.49. The second-order valence-electron chi connectivity index (χ2n) is 4.39. The summed E-state index contributed by atoms with van der Waals surface area (Å²) >= 11 is 2.79. The quantitative estimate of drug-likeness (QED) is 0.837. The van der Waals surface area contributed by atoms with Crippen molar-refractivity contribution in [3.63, 3.8) is 0 Å². The molecule has 0 radical (unpaired) electrons. The van der Waals surface area contributed by atoms with Gasteiger partial charge in [0.15, 0.2) is 4.34 Å². The van der Waals surface area contributed by atoms with Gasteiger partial charge in [-0.15, -0.1) is 10.2 Å². The molecule has 1 amide bonds. The molecular weight excluding hydrogens is 268 g/mol. The highest BCUT2D eigenvalue weighted by molar-refractivity contribution is 8.01. The summed E-state index contributed by atoms with van der Waals surface area (Å²) in [5.41, 5.74) is -0.825. The third-order valence-electron chi connectivity index (χ3n) is 2.62. The number of nitrogens with one attached hydrogen (secondary N) is 1. The molecule has 0 aromatic carbocycles. The minimum Gasteiger partial charge on any atom is -0.337 e. The SMILES string of the molecule is Cc1nnc(SCC(=O)N[C@@](C)(C#N)C(C)C)s1. The van der Waals surface area contributed by atoms with Gasteiger partial charge < -0.3 is 5.32 Å². The molecule has 98 valence electrons. The van der Waals surface area contributed by atoms with E-state index in [1.807, 2.05) is 20.8 Å². The van der Waals surface area contributed by atoms with Crippen LogP contribution in [0.2, 0.25) is 0 Å². The second kappa shape index (κ2) is 6.16. The molecule has 1 N–H and O–H groups in total. The average Bonchev–Trinajstić information content (AvgIpc) is 2.72. The molecule has 0 bridgehead atoms. The molecule has 0 aliphatic carbocycles. The topological polar surface area (TPSA) is 78.7 Å². The Morgan fingerprint density at radius 1 is 1.61 bits per heavy atom. The Balaban J connectivity index is 2.50. The molecule has 0 unspecified atom stereocenters. The van der Waals surface area contributed by atoms with E-state index in [4.69, 9.17) is 5.26 Å². The number of hydrogen-bond donors (Lipinski definition) is 1. The van der Waals surface area contributed by atoms with Gasteiger partial charge in [-0.3, -0.25) is 4.79 Å². The lowest BCUT2D eigenvalue weighted by molar-refractivity contribution is -0.120. The monoisotopic (exact) mass is 284 g/mol.